The zero-order valence-corrected chi connectivity index (χ0v) is 15.5. The quantitative estimate of drug-likeness (QED) is 0.668. The molecule has 0 N–H and O–H groups in total. The summed E-state index contributed by atoms with van der Waals surface area (Å²) in [6, 6.07) is 11.9. The lowest BCUT2D eigenvalue weighted by Crippen LogP contribution is -2.27. The molecule has 2 aromatic carbocycles. The molecule has 0 atom stereocenters. The molecule has 8 heteroatoms. The Morgan fingerprint density at radius 1 is 1.15 bits per heavy atom. The smallest absolute Gasteiger partial charge is 0.387 e. The number of halogens is 2. The van der Waals surface area contributed by atoms with Crippen LogP contribution in [0, 0.1) is 0 Å². The molecule has 1 aliphatic heterocycles. The molecule has 3 rings (SSSR count). The summed E-state index contributed by atoms with van der Waals surface area (Å²) in [5, 5.41) is 0. The number of amides is 1. The van der Waals surface area contributed by atoms with Gasteiger partial charge in [0.05, 0.1) is 5.75 Å². The number of alkyl halides is 2. The zero-order chi connectivity index (χ0) is 19.2. The Hall–Kier alpha value is -2.48. The van der Waals surface area contributed by atoms with Crippen molar-refractivity contribution < 1.29 is 27.8 Å². The van der Waals surface area contributed by atoms with E-state index in [0.717, 1.165) is 10.5 Å². The summed E-state index contributed by atoms with van der Waals surface area (Å²) in [6.45, 7) is -1.41. The number of hydrogen-bond acceptors (Lipinski definition) is 5. The van der Waals surface area contributed by atoms with Gasteiger partial charge in [-0.25, -0.2) is 0 Å². The predicted molar refractivity (Wildman–Crippen MR) is 97.7 cm³/mol. The first-order chi connectivity index (χ1) is 13.0. The molecule has 2 aromatic rings. The third-order valence-corrected chi connectivity index (χ3v) is 4.85. The lowest BCUT2D eigenvalue weighted by Gasteiger charge is -2.19. The molecule has 1 amide bonds. The summed E-state index contributed by atoms with van der Waals surface area (Å²) in [4.78, 5) is 14.9. The van der Waals surface area contributed by atoms with Crippen LogP contribution in [-0.2, 0) is 11.3 Å². The zero-order valence-electron chi connectivity index (χ0n) is 14.7. The normalized spacial score (nSPS) is 12.7. The summed E-state index contributed by atoms with van der Waals surface area (Å²) in [7, 11) is 1.70. The van der Waals surface area contributed by atoms with Gasteiger partial charge in [-0.1, -0.05) is 12.1 Å². The van der Waals surface area contributed by atoms with Crippen LogP contribution in [-0.4, -0.2) is 43.4 Å². The molecule has 0 aromatic heterocycles. The van der Waals surface area contributed by atoms with Crippen molar-refractivity contribution in [2.45, 2.75) is 18.1 Å². The second kappa shape index (κ2) is 8.94. The van der Waals surface area contributed by atoms with Gasteiger partial charge < -0.3 is 19.1 Å². The maximum Gasteiger partial charge on any atom is 0.387 e. The highest BCUT2D eigenvalue weighted by Crippen LogP contribution is 2.34. The van der Waals surface area contributed by atoms with E-state index in [1.165, 1.54) is 23.9 Å². The topological polar surface area (TPSA) is 48.0 Å². The van der Waals surface area contributed by atoms with Crippen LogP contribution in [0.3, 0.4) is 0 Å². The van der Waals surface area contributed by atoms with Crippen molar-refractivity contribution in [2.75, 3.05) is 26.0 Å². The highest BCUT2D eigenvalue weighted by Gasteiger charge is 2.14. The fourth-order valence-corrected chi connectivity index (χ4v) is 3.37. The molecule has 0 radical (unpaired) electrons. The maximum absolute atomic E-state index is 12.3. The number of hydrogen-bond donors (Lipinski definition) is 0. The van der Waals surface area contributed by atoms with Gasteiger partial charge in [0.15, 0.2) is 11.5 Å². The van der Waals surface area contributed by atoms with Gasteiger partial charge in [0, 0.05) is 18.5 Å². The van der Waals surface area contributed by atoms with Crippen molar-refractivity contribution in [1.29, 1.82) is 0 Å². The van der Waals surface area contributed by atoms with Gasteiger partial charge in [-0.3, -0.25) is 4.79 Å². The number of benzene rings is 2. The number of carbonyl (C=O) groups is 1. The van der Waals surface area contributed by atoms with Crippen LogP contribution < -0.4 is 14.2 Å². The Bertz CT molecular complexity index is 786. The monoisotopic (exact) mass is 395 g/mol. The van der Waals surface area contributed by atoms with Crippen LogP contribution in [0.1, 0.15) is 5.56 Å². The maximum atomic E-state index is 12.3. The van der Waals surface area contributed by atoms with Gasteiger partial charge in [0.2, 0.25) is 5.91 Å². The van der Waals surface area contributed by atoms with E-state index in [-0.39, 0.29) is 17.4 Å². The van der Waals surface area contributed by atoms with Crippen LogP contribution in [0.4, 0.5) is 8.78 Å². The largest absolute Gasteiger partial charge is 0.486 e. The van der Waals surface area contributed by atoms with Crippen LogP contribution >= 0.6 is 11.8 Å². The Morgan fingerprint density at radius 3 is 2.56 bits per heavy atom. The highest BCUT2D eigenvalue weighted by molar-refractivity contribution is 8.00. The van der Waals surface area contributed by atoms with E-state index < -0.39 is 6.61 Å². The summed E-state index contributed by atoms with van der Waals surface area (Å²) in [5.74, 6) is 1.74. The standard InChI is InChI=1S/C19H19F2NO4S/c1-22(11-13-2-4-14(5-3-13)26-19(20)21)18(23)12-27-15-6-7-16-17(10-15)25-9-8-24-16/h2-7,10,19H,8-9,11-12H2,1H3. The molecule has 144 valence electrons. The van der Waals surface area contributed by atoms with E-state index in [9.17, 15) is 13.6 Å². The van der Waals surface area contributed by atoms with Crippen molar-refractivity contribution >= 4 is 17.7 Å². The van der Waals surface area contributed by atoms with Gasteiger partial charge >= 0.3 is 6.61 Å². The summed E-state index contributed by atoms with van der Waals surface area (Å²) >= 11 is 1.42. The predicted octanol–water partition coefficient (Wildman–Crippen LogP) is 3.81. The van der Waals surface area contributed by atoms with E-state index in [0.29, 0.717) is 31.3 Å². The van der Waals surface area contributed by atoms with Crippen molar-refractivity contribution in [2.24, 2.45) is 0 Å². The molecule has 27 heavy (non-hydrogen) atoms. The fourth-order valence-electron chi connectivity index (χ4n) is 2.51. The minimum atomic E-state index is -2.85. The molecule has 5 nitrogen and oxygen atoms in total. The summed E-state index contributed by atoms with van der Waals surface area (Å²) in [5.41, 5.74) is 0.830. The average molecular weight is 395 g/mol. The van der Waals surface area contributed by atoms with Crippen molar-refractivity contribution in [3.8, 4) is 17.2 Å². The molecule has 0 aliphatic carbocycles. The third-order valence-electron chi connectivity index (χ3n) is 3.87. The highest BCUT2D eigenvalue weighted by atomic mass is 32.2. The van der Waals surface area contributed by atoms with Gasteiger partial charge in [-0.15, -0.1) is 11.8 Å². The number of nitrogens with zero attached hydrogens (tertiary/aromatic N) is 1. The minimum absolute atomic E-state index is 0.0391. The third kappa shape index (κ3) is 5.50. The molecule has 0 saturated carbocycles. The average Bonchev–Trinajstić information content (AvgIpc) is 2.67. The molecule has 0 saturated heterocycles. The van der Waals surface area contributed by atoms with Gasteiger partial charge in [0.1, 0.15) is 19.0 Å². The lowest BCUT2D eigenvalue weighted by molar-refractivity contribution is -0.127. The summed E-state index contributed by atoms with van der Waals surface area (Å²) in [6.07, 6.45) is 0. The van der Waals surface area contributed by atoms with Crippen LogP contribution in [0.2, 0.25) is 0 Å². The van der Waals surface area contributed by atoms with Crippen molar-refractivity contribution in [1.82, 2.24) is 4.90 Å². The Balaban J connectivity index is 1.50. The van der Waals surface area contributed by atoms with E-state index in [4.69, 9.17) is 9.47 Å². The Morgan fingerprint density at radius 2 is 1.85 bits per heavy atom. The Labute approximate surface area is 160 Å². The number of fused-ring (bicyclic) bond motifs is 1. The second-order valence-corrected chi connectivity index (χ2v) is 6.92. The number of carbonyl (C=O) groups excluding carboxylic acids is 1. The van der Waals surface area contributed by atoms with E-state index in [2.05, 4.69) is 4.74 Å². The van der Waals surface area contributed by atoms with E-state index in [1.807, 2.05) is 18.2 Å². The molecular formula is C19H19F2NO4S. The lowest BCUT2D eigenvalue weighted by atomic mass is 10.2. The van der Waals surface area contributed by atoms with Crippen LogP contribution in [0.15, 0.2) is 47.4 Å². The second-order valence-electron chi connectivity index (χ2n) is 5.87. The van der Waals surface area contributed by atoms with Gasteiger partial charge in [0.25, 0.3) is 0 Å². The minimum Gasteiger partial charge on any atom is -0.486 e. The molecule has 0 spiro atoms. The Kier molecular flexibility index (Phi) is 6.39. The molecule has 0 unspecified atom stereocenters. The number of ether oxygens (including phenoxy) is 3. The molecule has 1 heterocycles. The molecule has 1 aliphatic rings. The van der Waals surface area contributed by atoms with E-state index in [1.54, 1.807) is 24.1 Å². The number of thioether (sulfide) groups is 1. The molecule has 0 fully saturated rings. The summed E-state index contributed by atoms with van der Waals surface area (Å²) < 4.78 is 39.7. The van der Waals surface area contributed by atoms with Gasteiger partial charge in [-0.05, 0) is 35.9 Å². The van der Waals surface area contributed by atoms with Crippen molar-refractivity contribution in [3.05, 3.63) is 48.0 Å². The number of rotatable bonds is 7. The molecular weight excluding hydrogens is 376 g/mol. The first-order valence-electron chi connectivity index (χ1n) is 8.31. The first-order valence-corrected chi connectivity index (χ1v) is 9.30. The first kappa shape index (κ1) is 19.3. The SMILES string of the molecule is CN(Cc1ccc(OC(F)F)cc1)C(=O)CSc1ccc2c(c1)OCCO2. The fraction of sp³-hybridized carbons (Fsp3) is 0.316. The van der Waals surface area contributed by atoms with Crippen LogP contribution in [0.25, 0.3) is 0 Å². The van der Waals surface area contributed by atoms with E-state index >= 15 is 0 Å². The molecule has 0 bridgehead atoms. The van der Waals surface area contributed by atoms with Crippen LogP contribution in [0.5, 0.6) is 17.2 Å². The van der Waals surface area contributed by atoms with Crippen molar-refractivity contribution in [3.63, 3.8) is 0 Å². The van der Waals surface area contributed by atoms with Gasteiger partial charge in [-0.2, -0.15) is 8.78 Å².